The van der Waals surface area contributed by atoms with E-state index in [4.69, 9.17) is 4.74 Å². The van der Waals surface area contributed by atoms with Gasteiger partial charge >= 0.3 is 12.0 Å². The summed E-state index contributed by atoms with van der Waals surface area (Å²) in [6.45, 7) is 8.53. The average molecular weight is 242 g/mol. The number of ether oxygens (including phenoxy) is 1. The summed E-state index contributed by atoms with van der Waals surface area (Å²) < 4.78 is 5.32. The molecule has 1 atom stereocenters. The van der Waals surface area contributed by atoms with Gasteiger partial charge in [0.1, 0.15) is 11.6 Å². The minimum Gasteiger partial charge on any atom is -0.458 e. The fraction of sp³-hybridized carbons (Fsp3) is 0.833. The lowest BCUT2D eigenvalue weighted by Gasteiger charge is -2.27. The zero-order valence-corrected chi connectivity index (χ0v) is 11.1. The van der Waals surface area contributed by atoms with Crippen molar-refractivity contribution in [1.29, 1.82) is 0 Å². The van der Waals surface area contributed by atoms with E-state index in [2.05, 4.69) is 5.32 Å². The van der Waals surface area contributed by atoms with E-state index in [1.807, 2.05) is 27.7 Å². The Morgan fingerprint density at radius 1 is 1.41 bits per heavy atom. The third-order valence-electron chi connectivity index (χ3n) is 2.52. The molecular weight excluding hydrogens is 220 g/mol. The third kappa shape index (κ3) is 3.91. The minimum atomic E-state index is -0.507. The summed E-state index contributed by atoms with van der Waals surface area (Å²) >= 11 is 0. The number of carbonyl (C=O) groups excluding carboxylic acids is 2. The third-order valence-corrected chi connectivity index (χ3v) is 2.52. The van der Waals surface area contributed by atoms with E-state index in [9.17, 15) is 9.59 Å². The van der Waals surface area contributed by atoms with Gasteiger partial charge in [-0.25, -0.2) is 9.59 Å². The molecule has 1 rings (SSSR count). The summed E-state index contributed by atoms with van der Waals surface area (Å²) in [5.74, 6) is -0.304. The van der Waals surface area contributed by atoms with Crippen LogP contribution in [-0.4, -0.2) is 41.6 Å². The smallest absolute Gasteiger partial charge is 0.329 e. The lowest BCUT2D eigenvalue weighted by atomic mass is 10.1. The molecule has 0 aliphatic carbocycles. The van der Waals surface area contributed by atoms with Gasteiger partial charge in [-0.15, -0.1) is 0 Å². The van der Waals surface area contributed by atoms with Crippen molar-refractivity contribution in [2.45, 2.75) is 52.2 Å². The Bertz CT molecular complexity index is 297. The van der Waals surface area contributed by atoms with Crippen LogP contribution >= 0.6 is 0 Å². The zero-order valence-electron chi connectivity index (χ0n) is 11.1. The molecule has 1 saturated heterocycles. The first kappa shape index (κ1) is 13.8. The molecule has 0 radical (unpaired) electrons. The molecule has 17 heavy (non-hydrogen) atoms. The molecule has 98 valence electrons. The lowest BCUT2D eigenvalue weighted by Crippen LogP contribution is -2.47. The number of nitrogens with zero attached hydrogens (tertiary/aromatic N) is 1. The van der Waals surface area contributed by atoms with Crippen LogP contribution in [0.4, 0.5) is 4.79 Å². The van der Waals surface area contributed by atoms with E-state index in [0.29, 0.717) is 19.5 Å². The summed E-state index contributed by atoms with van der Waals surface area (Å²) in [7, 11) is 0. The highest BCUT2D eigenvalue weighted by Gasteiger charge is 2.36. The predicted octanol–water partition coefficient (Wildman–Crippen LogP) is 1.52. The first-order valence-electron chi connectivity index (χ1n) is 6.12. The Labute approximate surface area is 102 Å². The number of esters is 1. The van der Waals surface area contributed by atoms with Crippen molar-refractivity contribution in [2.75, 3.05) is 13.1 Å². The fourth-order valence-electron chi connectivity index (χ4n) is 1.88. The van der Waals surface area contributed by atoms with Crippen LogP contribution in [0, 0.1) is 0 Å². The molecule has 1 N–H and O–H groups in total. The van der Waals surface area contributed by atoms with Crippen LogP contribution in [0.5, 0.6) is 0 Å². The maximum absolute atomic E-state index is 11.9. The maximum Gasteiger partial charge on any atom is 0.329 e. The Balaban J connectivity index is 2.63. The molecule has 5 nitrogen and oxygen atoms in total. The highest BCUT2D eigenvalue weighted by atomic mass is 16.6. The van der Waals surface area contributed by atoms with Gasteiger partial charge < -0.3 is 15.0 Å². The standard InChI is InChI=1S/C12H22N2O3/c1-5-13-11(16)14-8-6-7-9(14)10(15)17-12(2,3)4/h9H,5-8H2,1-4H3,(H,13,16)/t9-/m0/s1. The molecule has 1 aliphatic rings. The second kappa shape index (κ2) is 5.38. The molecule has 1 aliphatic heterocycles. The van der Waals surface area contributed by atoms with E-state index in [1.54, 1.807) is 4.90 Å². The first-order valence-corrected chi connectivity index (χ1v) is 6.12. The van der Waals surface area contributed by atoms with Crippen molar-refractivity contribution in [1.82, 2.24) is 10.2 Å². The molecule has 1 heterocycles. The molecule has 0 bridgehead atoms. The van der Waals surface area contributed by atoms with Crippen molar-refractivity contribution in [2.24, 2.45) is 0 Å². The molecule has 0 aromatic carbocycles. The van der Waals surface area contributed by atoms with E-state index >= 15 is 0 Å². The molecular formula is C12H22N2O3. The molecule has 0 unspecified atom stereocenters. The van der Waals surface area contributed by atoms with Crippen LogP contribution in [-0.2, 0) is 9.53 Å². The van der Waals surface area contributed by atoms with Gasteiger partial charge in [0.15, 0.2) is 0 Å². The molecule has 0 saturated carbocycles. The topological polar surface area (TPSA) is 58.6 Å². The average Bonchev–Trinajstić information content (AvgIpc) is 2.63. The summed E-state index contributed by atoms with van der Waals surface area (Å²) in [6, 6.07) is -0.610. The van der Waals surface area contributed by atoms with E-state index in [-0.39, 0.29) is 12.0 Å². The van der Waals surface area contributed by atoms with Gasteiger partial charge in [-0.1, -0.05) is 0 Å². The second-order valence-corrected chi connectivity index (χ2v) is 5.22. The van der Waals surface area contributed by atoms with Crippen LogP contribution in [0.3, 0.4) is 0 Å². The van der Waals surface area contributed by atoms with Crippen molar-refractivity contribution >= 4 is 12.0 Å². The number of hydrogen-bond donors (Lipinski definition) is 1. The fourth-order valence-corrected chi connectivity index (χ4v) is 1.88. The number of carbonyl (C=O) groups is 2. The van der Waals surface area contributed by atoms with Gasteiger partial charge in [0.2, 0.25) is 0 Å². The predicted molar refractivity (Wildman–Crippen MR) is 64.6 cm³/mol. The first-order chi connectivity index (χ1) is 7.85. The normalized spacial score (nSPS) is 20.2. The summed E-state index contributed by atoms with van der Waals surface area (Å²) in [5, 5.41) is 2.71. The Kier molecular flexibility index (Phi) is 4.37. The Hall–Kier alpha value is -1.26. The number of hydrogen-bond acceptors (Lipinski definition) is 3. The minimum absolute atomic E-state index is 0.180. The largest absolute Gasteiger partial charge is 0.458 e. The van der Waals surface area contributed by atoms with Crippen molar-refractivity contribution in [3.8, 4) is 0 Å². The van der Waals surface area contributed by atoms with Crippen molar-refractivity contribution < 1.29 is 14.3 Å². The number of likely N-dealkylation sites (tertiary alicyclic amines) is 1. The van der Waals surface area contributed by atoms with Crippen LogP contribution in [0.1, 0.15) is 40.5 Å². The summed E-state index contributed by atoms with van der Waals surface area (Å²) in [4.78, 5) is 25.2. The molecule has 0 aromatic rings. The maximum atomic E-state index is 11.9. The molecule has 5 heteroatoms. The van der Waals surface area contributed by atoms with Gasteiger partial charge in [-0.3, -0.25) is 0 Å². The molecule has 1 fully saturated rings. The number of urea groups is 1. The van der Waals surface area contributed by atoms with E-state index in [1.165, 1.54) is 0 Å². The van der Waals surface area contributed by atoms with Gasteiger partial charge in [0.05, 0.1) is 0 Å². The number of amides is 2. The lowest BCUT2D eigenvalue weighted by molar-refractivity contribution is -0.159. The Morgan fingerprint density at radius 3 is 2.59 bits per heavy atom. The summed E-state index contributed by atoms with van der Waals surface area (Å²) in [6.07, 6.45) is 1.53. The number of nitrogens with one attached hydrogen (secondary N) is 1. The van der Waals surface area contributed by atoms with Crippen LogP contribution in [0.2, 0.25) is 0 Å². The monoisotopic (exact) mass is 242 g/mol. The highest BCUT2D eigenvalue weighted by Crippen LogP contribution is 2.20. The van der Waals surface area contributed by atoms with Crippen LogP contribution in [0.15, 0.2) is 0 Å². The van der Waals surface area contributed by atoms with Gasteiger partial charge in [-0.2, -0.15) is 0 Å². The molecule has 0 aromatic heterocycles. The molecule has 0 spiro atoms. The zero-order chi connectivity index (χ0) is 13.1. The summed E-state index contributed by atoms with van der Waals surface area (Å²) in [5.41, 5.74) is -0.507. The highest BCUT2D eigenvalue weighted by molar-refractivity contribution is 5.84. The van der Waals surface area contributed by atoms with Gasteiger partial charge in [0.25, 0.3) is 0 Å². The van der Waals surface area contributed by atoms with Gasteiger partial charge in [-0.05, 0) is 40.5 Å². The van der Waals surface area contributed by atoms with Crippen LogP contribution < -0.4 is 5.32 Å². The molecule has 2 amide bonds. The number of rotatable bonds is 2. The quantitative estimate of drug-likeness (QED) is 0.747. The SMILES string of the molecule is CCNC(=O)N1CCC[C@H]1C(=O)OC(C)(C)C. The van der Waals surface area contributed by atoms with Crippen molar-refractivity contribution in [3.05, 3.63) is 0 Å². The van der Waals surface area contributed by atoms with Gasteiger partial charge in [0, 0.05) is 13.1 Å². The van der Waals surface area contributed by atoms with Crippen LogP contribution in [0.25, 0.3) is 0 Å². The Morgan fingerprint density at radius 2 is 2.06 bits per heavy atom. The second-order valence-electron chi connectivity index (χ2n) is 5.22. The van der Waals surface area contributed by atoms with Crippen molar-refractivity contribution in [3.63, 3.8) is 0 Å². The van der Waals surface area contributed by atoms with E-state index in [0.717, 1.165) is 6.42 Å². The van der Waals surface area contributed by atoms with E-state index < -0.39 is 11.6 Å².